The van der Waals surface area contributed by atoms with Gasteiger partial charge >= 0.3 is 0 Å². The van der Waals surface area contributed by atoms with Gasteiger partial charge in [0.1, 0.15) is 0 Å². The van der Waals surface area contributed by atoms with Crippen molar-refractivity contribution in [3.8, 4) is 0 Å². The van der Waals surface area contributed by atoms with E-state index in [0.29, 0.717) is 12.1 Å². The van der Waals surface area contributed by atoms with Crippen LogP contribution in [0.3, 0.4) is 0 Å². The number of hydrogen-bond donors (Lipinski definition) is 1. The molecule has 1 heterocycles. The standard InChI is InChI=1S/C12H25NO2/c1-10(2)15-9-6-13-11(3)12-4-7-14-8-5-12/h10-13H,4-9H2,1-3H3. The molecular formula is C12H25NO2. The maximum absolute atomic E-state index is 5.49. The Kier molecular flexibility index (Phi) is 6.22. The van der Waals surface area contributed by atoms with Gasteiger partial charge in [0, 0.05) is 25.8 Å². The zero-order chi connectivity index (χ0) is 11.1. The van der Waals surface area contributed by atoms with Gasteiger partial charge in [-0.15, -0.1) is 0 Å². The van der Waals surface area contributed by atoms with Crippen LogP contribution in [0.15, 0.2) is 0 Å². The van der Waals surface area contributed by atoms with E-state index in [1.165, 1.54) is 12.8 Å². The van der Waals surface area contributed by atoms with Crippen molar-refractivity contribution < 1.29 is 9.47 Å². The summed E-state index contributed by atoms with van der Waals surface area (Å²) in [5, 5.41) is 3.53. The van der Waals surface area contributed by atoms with Crippen LogP contribution < -0.4 is 5.32 Å². The largest absolute Gasteiger partial charge is 0.381 e. The highest BCUT2D eigenvalue weighted by atomic mass is 16.5. The van der Waals surface area contributed by atoms with Crippen molar-refractivity contribution in [1.29, 1.82) is 0 Å². The molecule has 1 fully saturated rings. The number of nitrogens with one attached hydrogen (secondary N) is 1. The number of hydrogen-bond acceptors (Lipinski definition) is 3. The third-order valence-electron chi connectivity index (χ3n) is 2.99. The average Bonchev–Trinajstić information content (AvgIpc) is 2.25. The lowest BCUT2D eigenvalue weighted by Crippen LogP contribution is -2.38. The quantitative estimate of drug-likeness (QED) is 0.686. The first-order valence-corrected chi connectivity index (χ1v) is 6.13. The first-order chi connectivity index (χ1) is 7.20. The lowest BCUT2D eigenvalue weighted by atomic mass is 9.93. The molecule has 90 valence electrons. The predicted molar refractivity (Wildman–Crippen MR) is 62.1 cm³/mol. The van der Waals surface area contributed by atoms with Gasteiger partial charge in [-0.25, -0.2) is 0 Å². The third-order valence-corrected chi connectivity index (χ3v) is 2.99. The minimum absolute atomic E-state index is 0.338. The summed E-state index contributed by atoms with van der Waals surface area (Å²) in [5.41, 5.74) is 0. The van der Waals surface area contributed by atoms with Gasteiger partial charge in [0.15, 0.2) is 0 Å². The smallest absolute Gasteiger partial charge is 0.0594 e. The Labute approximate surface area is 93.5 Å². The first-order valence-electron chi connectivity index (χ1n) is 6.13. The predicted octanol–water partition coefficient (Wildman–Crippen LogP) is 1.82. The monoisotopic (exact) mass is 215 g/mol. The van der Waals surface area contributed by atoms with Gasteiger partial charge in [0.25, 0.3) is 0 Å². The summed E-state index contributed by atoms with van der Waals surface area (Å²) in [6.45, 7) is 10.0. The highest BCUT2D eigenvalue weighted by Gasteiger charge is 2.19. The number of rotatable bonds is 6. The summed E-state index contributed by atoms with van der Waals surface area (Å²) in [6, 6.07) is 0.588. The van der Waals surface area contributed by atoms with Crippen LogP contribution in [0.5, 0.6) is 0 Å². The van der Waals surface area contributed by atoms with Crippen molar-refractivity contribution >= 4 is 0 Å². The van der Waals surface area contributed by atoms with E-state index in [1.54, 1.807) is 0 Å². The van der Waals surface area contributed by atoms with Gasteiger partial charge in [-0.1, -0.05) is 0 Å². The Morgan fingerprint density at radius 3 is 2.53 bits per heavy atom. The molecule has 1 unspecified atom stereocenters. The van der Waals surface area contributed by atoms with Crippen LogP contribution in [0.25, 0.3) is 0 Å². The van der Waals surface area contributed by atoms with E-state index in [2.05, 4.69) is 26.1 Å². The van der Waals surface area contributed by atoms with Gasteiger partial charge < -0.3 is 14.8 Å². The molecule has 0 aromatic carbocycles. The van der Waals surface area contributed by atoms with Gasteiger partial charge in [-0.05, 0) is 39.5 Å². The Morgan fingerprint density at radius 2 is 1.93 bits per heavy atom. The highest BCUT2D eigenvalue weighted by molar-refractivity contribution is 4.74. The maximum atomic E-state index is 5.49. The minimum Gasteiger partial charge on any atom is -0.381 e. The molecule has 0 saturated carbocycles. The topological polar surface area (TPSA) is 30.5 Å². The molecule has 1 aliphatic heterocycles. The summed E-state index contributed by atoms with van der Waals surface area (Å²) >= 11 is 0. The van der Waals surface area contributed by atoms with Crippen LogP contribution in [-0.2, 0) is 9.47 Å². The van der Waals surface area contributed by atoms with Crippen molar-refractivity contribution in [2.75, 3.05) is 26.4 Å². The molecule has 1 N–H and O–H groups in total. The molecule has 0 aromatic rings. The second-order valence-electron chi connectivity index (χ2n) is 4.61. The molecule has 0 aliphatic carbocycles. The summed E-state index contributed by atoms with van der Waals surface area (Å²) in [4.78, 5) is 0. The molecule has 0 aromatic heterocycles. The summed E-state index contributed by atoms with van der Waals surface area (Å²) in [5.74, 6) is 0.776. The molecule has 1 atom stereocenters. The van der Waals surface area contributed by atoms with Crippen molar-refractivity contribution in [2.24, 2.45) is 5.92 Å². The second kappa shape index (κ2) is 7.20. The highest BCUT2D eigenvalue weighted by Crippen LogP contribution is 2.18. The molecule has 3 nitrogen and oxygen atoms in total. The van der Waals surface area contributed by atoms with Crippen molar-refractivity contribution in [3.05, 3.63) is 0 Å². The third kappa shape index (κ3) is 5.50. The van der Waals surface area contributed by atoms with E-state index in [9.17, 15) is 0 Å². The van der Waals surface area contributed by atoms with Gasteiger partial charge in [-0.3, -0.25) is 0 Å². The Hall–Kier alpha value is -0.120. The van der Waals surface area contributed by atoms with E-state index in [0.717, 1.165) is 32.3 Å². The van der Waals surface area contributed by atoms with E-state index < -0.39 is 0 Å². The fourth-order valence-electron chi connectivity index (χ4n) is 1.96. The molecule has 15 heavy (non-hydrogen) atoms. The molecule has 1 aliphatic rings. The van der Waals surface area contributed by atoms with Gasteiger partial charge in [0.05, 0.1) is 12.7 Å². The van der Waals surface area contributed by atoms with E-state index in [1.807, 2.05) is 0 Å². The minimum atomic E-state index is 0.338. The Morgan fingerprint density at radius 1 is 1.27 bits per heavy atom. The fraction of sp³-hybridized carbons (Fsp3) is 1.00. The summed E-state index contributed by atoms with van der Waals surface area (Å²) in [7, 11) is 0. The molecule has 3 heteroatoms. The van der Waals surface area contributed by atoms with Crippen molar-refractivity contribution in [3.63, 3.8) is 0 Å². The van der Waals surface area contributed by atoms with Crippen LogP contribution >= 0.6 is 0 Å². The molecule has 1 saturated heterocycles. The Bertz CT molecular complexity index is 156. The maximum Gasteiger partial charge on any atom is 0.0594 e. The fourth-order valence-corrected chi connectivity index (χ4v) is 1.96. The molecular weight excluding hydrogens is 190 g/mol. The van der Waals surface area contributed by atoms with E-state index in [4.69, 9.17) is 9.47 Å². The number of ether oxygens (including phenoxy) is 2. The summed E-state index contributed by atoms with van der Waals surface area (Å²) < 4.78 is 10.8. The SMILES string of the molecule is CC(C)OCCNC(C)C1CCOCC1. The van der Waals surface area contributed by atoms with Crippen molar-refractivity contribution in [2.45, 2.75) is 45.8 Å². The summed E-state index contributed by atoms with van der Waals surface area (Å²) in [6.07, 6.45) is 2.73. The molecule has 0 spiro atoms. The van der Waals surface area contributed by atoms with Crippen LogP contribution in [0.4, 0.5) is 0 Å². The molecule has 0 amide bonds. The van der Waals surface area contributed by atoms with Crippen LogP contribution in [0, 0.1) is 5.92 Å². The normalized spacial score (nSPS) is 20.8. The zero-order valence-electron chi connectivity index (χ0n) is 10.3. The second-order valence-corrected chi connectivity index (χ2v) is 4.61. The van der Waals surface area contributed by atoms with Crippen LogP contribution in [0.1, 0.15) is 33.6 Å². The van der Waals surface area contributed by atoms with Crippen molar-refractivity contribution in [1.82, 2.24) is 5.32 Å². The average molecular weight is 215 g/mol. The van der Waals surface area contributed by atoms with Gasteiger partial charge in [0.2, 0.25) is 0 Å². The lowest BCUT2D eigenvalue weighted by Gasteiger charge is -2.28. The van der Waals surface area contributed by atoms with Gasteiger partial charge in [-0.2, -0.15) is 0 Å². The lowest BCUT2D eigenvalue weighted by molar-refractivity contribution is 0.0507. The Balaban J connectivity index is 2.04. The first kappa shape index (κ1) is 12.9. The molecule has 1 rings (SSSR count). The molecule has 0 bridgehead atoms. The molecule has 0 radical (unpaired) electrons. The zero-order valence-corrected chi connectivity index (χ0v) is 10.3. The van der Waals surface area contributed by atoms with E-state index >= 15 is 0 Å². The van der Waals surface area contributed by atoms with Crippen LogP contribution in [0.2, 0.25) is 0 Å². The van der Waals surface area contributed by atoms with Crippen LogP contribution in [-0.4, -0.2) is 38.5 Å². The van der Waals surface area contributed by atoms with E-state index in [-0.39, 0.29) is 0 Å².